The number of amides is 1. The van der Waals surface area contributed by atoms with Crippen molar-refractivity contribution in [3.8, 4) is 0 Å². The topological polar surface area (TPSA) is 58.4 Å². The van der Waals surface area contributed by atoms with Crippen molar-refractivity contribution in [2.75, 3.05) is 25.5 Å². The third-order valence-corrected chi connectivity index (χ3v) is 3.15. The molecule has 112 valence electrons. The molecule has 5 heteroatoms. The Hall–Kier alpha value is -2.14. The van der Waals surface area contributed by atoms with Gasteiger partial charge in [0.05, 0.1) is 12.2 Å². The number of likely N-dealkylation sites (N-methyl/N-ethyl adjacent to an activating group) is 1. The SMILES string of the molecule is Cc1cc(NC(=O)CN(C)CCCc2ccccc2)on1. The Labute approximate surface area is 124 Å². The van der Waals surface area contributed by atoms with Gasteiger partial charge in [0, 0.05) is 6.07 Å². The summed E-state index contributed by atoms with van der Waals surface area (Å²) in [5.41, 5.74) is 2.08. The van der Waals surface area contributed by atoms with Gasteiger partial charge in [0.15, 0.2) is 0 Å². The van der Waals surface area contributed by atoms with Crippen LogP contribution in [0.3, 0.4) is 0 Å². The lowest BCUT2D eigenvalue weighted by Crippen LogP contribution is -2.31. The molecule has 0 radical (unpaired) electrons. The van der Waals surface area contributed by atoms with Gasteiger partial charge in [-0.2, -0.15) is 0 Å². The highest BCUT2D eigenvalue weighted by Gasteiger charge is 2.09. The summed E-state index contributed by atoms with van der Waals surface area (Å²) < 4.78 is 4.96. The minimum absolute atomic E-state index is 0.0895. The number of hydrogen-bond acceptors (Lipinski definition) is 4. The second-order valence-electron chi connectivity index (χ2n) is 5.21. The highest BCUT2D eigenvalue weighted by molar-refractivity contribution is 5.90. The Morgan fingerprint density at radius 3 is 2.76 bits per heavy atom. The fraction of sp³-hybridized carbons (Fsp3) is 0.375. The number of carbonyl (C=O) groups excluding carboxylic acids is 1. The van der Waals surface area contributed by atoms with E-state index in [1.54, 1.807) is 6.07 Å². The summed E-state index contributed by atoms with van der Waals surface area (Å²) in [5.74, 6) is 0.309. The highest BCUT2D eigenvalue weighted by Crippen LogP contribution is 2.08. The number of aryl methyl sites for hydroxylation is 2. The summed E-state index contributed by atoms with van der Waals surface area (Å²) in [6, 6.07) is 12.1. The minimum Gasteiger partial charge on any atom is -0.338 e. The Morgan fingerprint density at radius 2 is 2.10 bits per heavy atom. The van der Waals surface area contributed by atoms with E-state index in [1.165, 1.54) is 5.56 Å². The van der Waals surface area contributed by atoms with Gasteiger partial charge in [0.25, 0.3) is 0 Å². The smallest absolute Gasteiger partial charge is 0.240 e. The first-order chi connectivity index (χ1) is 10.1. The van der Waals surface area contributed by atoms with Gasteiger partial charge in [-0.05, 0) is 38.9 Å². The number of anilines is 1. The van der Waals surface area contributed by atoms with Gasteiger partial charge in [-0.3, -0.25) is 15.0 Å². The van der Waals surface area contributed by atoms with Crippen molar-refractivity contribution in [1.29, 1.82) is 0 Å². The van der Waals surface area contributed by atoms with Crippen molar-refractivity contribution in [2.24, 2.45) is 0 Å². The van der Waals surface area contributed by atoms with Gasteiger partial charge in [-0.1, -0.05) is 35.5 Å². The maximum Gasteiger partial charge on any atom is 0.240 e. The lowest BCUT2D eigenvalue weighted by atomic mass is 10.1. The van der Waals surface area contributed by atoms with E-state index >= 15 is 0 Å². The van der Waals surface area contributed by atoms with Crippen molar-refractivity contribution in [3.05, 3.63) is 47.7 Å². The Bertz CT molecular complexity index is 566. The number of benzene rings is 1. The molecule has 1 N–H and O–H groups in total. The second kappa shape index (κ2) is 7.59. The molecular weight excluding hydrogens is 266 g/mol. The van der Waals surface area contributed by atoms with Crippen LogP contribution in [-0.2, 0) is 11.2 Å². The third kappa shape index (κ3) is 5.39. The molecule has 5 nitrogen and oxygen atoms in total. The zero-order valence-corrected chi connectivity index (χ0v) is 12.5. The van der Waals surface area contributed by atoms with E-state index in [0.717, 1.165) is 25.1 Å². The molecule has 0 aliphatic carbocycles. The molecule has 0 atom stereocenters. The zero-order chi connectivity index (χ0) is 15.1. The van der Waals surface area contributed by atoms with E-state index in [9.17, 15) is 4.79 Å². The van der Waals surface area contributed by atoms with Gasteiger partial charge < -0.3 is 4.52 Å². The molecule has 21 heavy (non-hydrogen) atoms. The summed E-state index contributed by atoms with van der Waals surface area (Å²) in [5, 5.41) is 6.42. The Kier molecular flexibility index (Phi) is 5.51. The first kappa shape index (κ1) is 15.3. The number of hydrogen-bond donors (Lipinski definition) is 1. The summed E-state index contributed by atoms with van der Waals surface area (Å²) in [6.07, 6.45) is 2.04. The lowest BCUT2D eigenvalue weighted by Gasteiger charge is -2.15. The number of rotatable bonds is 7. The fourth-order valence-corrected chi connectivity index (χ4v) is 2.12. The van der Waals surface area contributed by atoms with E-state index in [4.69, 9.17) is 4.52 Å². The molecule has 0 spiro atoms. The van der Waals surface area contributed by atoms with Gasteiger partial charge in [0.1, 0.15) is 0 Å². The van der Waals surface area contributed by atoms with Crippen LogP contribution >= 0.6 is 0 Å². The van der Waals surface area contributed by atoms with Crippen molar-refractivity contribution in [2.45, 2.75) is 19.8 Å². The van der Waals surface area contributed by atoms with Crippen LogP contribution in [0.4, 0.5) is 5.88 Å². The predicted octanol–water partition coefficient (Wildman–Crippen LogP) is 2.49. The molecule has 0 fully saturated rings. The summed E-state index contributed by atoms with van der Waals surface area (Å²) in [7, 11) is 1.94. The van der Waals surface area contributed by atoms with Gasteiger partial charge in [-0.25, -0.2) is 0 Å². The fourth-order valence-electron chi connectivity index (χ4n) is 2.12. The van der Waals surface area contributed by atoms with Gasteiger partial charge in [0.2, 0.25) is 11.8 Å². The van der Waals surface area contributed by atoms with Gasteiger partial charge >= 0.3 is 0 Å². The summed E-state index contributed by atoms with van der Waals surface area (Å²) in [6.45, 7) is 3.03. The molecule has 0 unspecified atom stereocenters. The monoisotopic (exact) mass is 287 g/mol. The number of nitrogens with zero attached hydrogens (tertiary/aromatic N) is 2. The first-order valence-electron chi connectivity index (χ1n) is 7.09. The van der Waals surface area contributed by atoms with Crippen LogP contribution in [-0.4, -0.2) is 36.1 Å². The molecule has 0 bridgehead atoms. The zero-order valence-electron chi connectivity index (χ0n) is 12.5. The van der Waals surface area contributed by atoms with Crippen LogP contribution in [0.15, 0.2) is 40.9 Å². The van der Waals surface area contributed by atoms with Crippen molar-refractivity contribution < 1.29 is 9.32 Å². The van der Waals surface area contributed by atoms with Crippen LogP contribution in [0.1, 0.15) is 17.7 Å². The largest absolute Gasteiger partial charge is 0.338 e. The van der Waals surface area contributed by atoms with Crippen molar-refractivity contribution in [1.82, 2.24) is 10.1 Å². The molecular formula is C16H21N3O2. The van der Waals surface area contributed by atoms with Crippen LogP contribution < -0.4 is 5.32 Å². The molecule has 2 rings (SSSR count). The molecule has 1 heterocycles. The molecule has 1 aromatic heterocycles. The number of nitrogens with one attached hydrogen (secondary N) is 1. The standard InChI is InChI=1S/C16H21N3O2/c1-13-11-16(21-18-13)17-15(20)12-19(2)10-6-9-14-7-4-3-5-8-14/h3-5,7-8,11H,6,9-10,12H2,1-2H3,(H,17,20). The molecule has 1 amide bonds. The maximum absolute atomic E-state index is 11.8. The Morgan fingerprint density at radius 1 is 1.33 bits per heavy atom. The van der Waals surface area contributed by atoms with E-state index < -0.39 is 0 Å². The summed E-state index contributed by atoms with van der Waals surface area (Å²) >= 11 is 0. The van der Waals surface area contributed by atoms with Gasteiger partial charge in [-0.15, -0.1) is 0 Å². The molecule has 1 aromatic carbocycles. The van der Waals surface area contributed by atoms with Crippen LogP contribution in [0.25, 0.3) is 0 Å². The van der Waals surface area contributed by atoms with E-state index in [1.807, 2.05) is 37.1 Å². The highest BCUT2D eigenvalue weighted by atomic mass is 16.5. The van der Waals surface area contributed by atoms with Crippen LogP contribution in [0.2, 0.25) is 0 Å². The normalized spacial score (nSPS) is 10.8. The van der Waals surface area contributed by atoms with Crippen molar-refractivity contribution >= 4 is 11.8 Å². The lowest BCUT2D eigenvalue weighted by molar-refractivity contribution is -0.117. The second-order valence-corrected chi connectivity index (χ2v) is 5.21. The summed E-state index contributed by atoms with van der Waals surface area (Å²) in [4.78, 5) is 13.8. The number of carbonyl (C=O) groups is 1. The van der Waals surface area contributed by atoms with E-state index in [0.29, 0.717) is 12.4 Å². The molecule has 0 saturated carbocycles. The average Bonchev–Trinajstić information content (AvgIpc) is 2.85. The van der Waals surface area contributed by atoms with Crippen LogP contribution in [0.5, 0.6) is 0 Å². The number of aromatic nitrogens is 1. The minimum atomic E-state index is -0.0895. The maximum atomic E-state index is 11.8. The predicted molar refractivity (Wildman–Crippen MR) is 82.1 cm³/mol. The molecule has 0 aliphatic rings. The first-order valence-corrected chi connectivity index (χ1v) is 7.09. The van der Waals surface area contributed by atoms with E-state index in [2.05, 4.69) is 22.6 Å². The van der Waals surface area contributed by atoms with Crippen molar-refractivity contribution in [3.63, 3.8) is 0 Å². The quantitative estimate of drug-likeness (QED) is 0.850. The third-order valence-electron chi connectivity index (χ3n) is 3.15. The van der Waals surface area contributed by atoms with Crippen LogP contribution in [0, 0.1) is 6.92 Å². The Balaban J connectivity index is 1.67. The molecule has 0 aliphatic heterocycles. The molecule has 2 aromatic rings. The average molecular weight is 287 g/mol. The van der Waals surface area contributed by atoms with E-state index in [-0.39, 0.29) is 5.91 Å². The molecule has 0 saturated heterocycles.